The summed E-state index contributed by atoms with van der Waals surface area (Å²) >= 11 is 3.25. The van der Waals surface area contributed by atoms with Gasteiger partial charge in [-0.1, -0.05) is 24.3 Å². The highest BCUT2D eigenvalue weighted by atomic mass is 32.2. The lowest BCUT2D eigenvalue weighted by molar-refractivity contribution is 0.104. The molecule has 0 radical (unpaired) electrons. The van der Waals surface area contributed by atoms with Gasteiger partial charge in [-0.2, -0.15) is 0 Å². The van der Waals surface area contributed by atoms with Crippen LogP contribution < -0.4 is 4.74 Å². The molecule has 144 valence electrons. The summed E-state index contributed by atoms with van der Waals surface area (Å²) in [4.78, 5) is 22.0. The average molecular weight is 419 g/mol. The summed E-state index contributed by atoms with van der Waals surface area (Å²) in [7, 11) is 0. The fourth-order valence-corrected chi connectivity index (χ4v) is 4.18. The molecule has 0 aliphatic carbocycles. The first-order chi connectivity index (χ1) is 14.3. The summed E-state index contributed by atoms with van der Waals surface area (Å²) in [6, 6.07) is 19.2. The first-order valence-corrected chi connectivity index (χ1v) is 11.0. The number of thioether (sulfide) groups is 1. The van der Waals surface area contributed by atoms with Crippen molar-refractivity contribution in [2.75, 3.05) is 12.4 Å². The van der Waals surface area contributed by atoms with E-state index >= 15 is 0 Å². The topological polar surface area (TPSA) is 52.1 Å². The second-order valence-electron chi connectivity index (χ2n) is 6.13. The highest BCUT2D eigenvalue weighted by Gasteiger charge is 2.05. The molecular weight excluding hydrogens is 400 g/mol. The number of hydrogen-bond donors (Lipinski definition) is 0. The Hall–Kier alpha value is -2.96. The van der Waals surface area contributed by atoms with Crippen molar-refractivity contribution in [1.29, 1.82) is 0 Å². The molecule has 0 amide bonds. The van der Waals surface area contributed by atoms with E-state index in [1.54, 1.807) is 47.6 Å². The fourth-order valence-electron chi connectivity index (χ4n) is 2.75. The second-order valence-corrected chi connectivity index (χ2v) is 8.19. The van der Waals surface area contributed by atoms with Crippen LogP contribution in [0.15, 0.2) is 83.5 Å². The minimum atomic E-state index is -0.0175. The van der Waals surface area contributed by atoms with Crippen LogP contribution in [0.4, 0.5) is 0 Å². The Balaban J connectivity index is 1.28. The van der Waals surface area contributed by atoms with E-state index in [4.69, 9.17) is 4.74 Å². The van der Waals surface area contributed by atoms with E-state index in [0.29, 0.717) is 12.2 Å². The zero-order valence-electron chi connectivity index (χ0n) is 15.5. The Kier molecular flexibility index (Phi) is 6.34. The molecule has 0 N–H and O–H groups in total. The molecule has 0 fully saturated rings. The van der Waals surface area contributed by atoms with Crippen molar-refractivity contribution in [2.24, 2.45) is 0 Å². The Morgan fingerprint density at radius 1 is 1.03 bits per heavy atom. The molecule has 2 aromatic carbocycles. The summed E-state index contributed by atoms with van der Waals surface area (Å²) in [5.41, 5.74) is 1.59. The van der Waals surface area contributed by atoms with Crippen molar-refractivity contribution in [3.8, 4) is 5.75 Å². The number of benzene rings is 2. The molecule has 0 spiro atoms. The monoisotopic (exact) mass is 418 g/mol. The Morgan fingerprint density at radius 3 is 2.72 bits per heavy atom. The van der Waals surface area contributed by atoms with E-state index in [0.717, 1.165) is 32.3 Å². The van der Waals surface area contributed by atoms with Crippen molar-refractivity contribution in [3.05, 3.63) is 88.9 Å². The highest BCUT2D eigenvalue weighted by Crippen LogP contribution is 2.24. The highest BCUT2D eigenvalue weighted by molar-refractivity contribution is 7.99. The normalized spacial score (nSPS) is 11.2. The zero-order chi connectivity index (χ0) is 19.9. The first kappa shape index (κ1) is 19.4. The van der Waals surface area contributed by atoms with E-state index in [1.165, 1.54) is 0 Å². The maximum absolute atomic E-state index is 12.2. The predicted octanol–water partition coefficient (Wildman–Crippen LogP) is 5.76. The van der Waals surface area contributed by atoms with Crippen molar-refractivity contribution in [2.45, 2.75) is 5.03 Å². The fraction of sp³-hybridized carbons (Fsp3) is 0.0870. The molecule has 6 heteroatoms. The molecule has 2 heterocycles. The second kappa shape index (κ2) is 9.49. The van der Waals surface area contributed by atoms with Crippen LogP contribution in [0.1, 0.15) is 15.2 Å². The van der Waals surface area contributed by atoms with E-state index in [1.807, 2.05) is 60.0 Å². The van der Waals surface area contributed by atoms with Gasteiger partial charge in [-0.25, -0.2) is 9.97 Å². The number of hydrogen-bond acceptors (Lipinski definition) is 6. The third kappa shape index (κ3) is 5.10. The Labute approximate surface area is 177 Å². The number of aromatic nitrogens is 2. The molecule has 0 unspecified atom stereocenters. The number of allylic oxidation sites excluding steroid dienone is 1. The van der Waals surface area contributed by atoms with Gasteiger partial charge in [-0.15, -0.1) is 23.1 Å². The van der Waals surface area contributed by atoms with Crippen molar-refractivity contribution >= 4 is 45.9 Å². The van der Waals surface area contributed by atoms with Crippen molar-refractivity contribution in [3.63, 3.8) is 0 Å². The smallest absolute Gasteiger partial charge is 0.185 e. The van der Waals surface area contributed by atoms with Gasteiger partial charge >= 0.3 is 0 Å². The lowest BCUT2D eigenvalue weighted by atomic mass is 10.1. The van der Waals surface area contributed by atoms with Crippen molar-refractivity contribution < 1.29 is 9.53 Å². The molecule has 0 aliphatic rings. The summed E-state index contributed by atoms with van der Waals surface area (Å²) in [5.74, 6) is 1.50. The van der Waals surface area contributed by atoms with Gasteiger partial charge in [-0.3, -0.25) is 4.79 Å². The van der Waals surface area contributed by atoms with Gasteiger partial charge in [-0.05, 0) is 53.9 Å². The van der Waals surface area contributed by atoms with Gasteiger partial charge < -0.3 is 4.74 Å². The number of para-hydroxylation sites is 1. The van der Waals surface area contributed by atoms with Gasteiger partial charge in [0, 0.05) is 21.6 Å². The van der Waals surface area contributed by atoms with Gasteiger partial charge in [0.05, 0.1) is 12.1 Å². The standard InChI is InChI=1S/C23H18N2O2S2/c26-22(12-11-19-4-3-14-28-19)17-7-9-18(10-8-17)27-13-15-29-23-20-5-1-2-6-21(20)24-16-25-23/h1-12,14,16H,13,15H2/b12-11+. The number of carbonyl (C=O) groups excluding carboxylic acids is 1. The number of fused-ring (bicyclic) bond motifs is 1. The van der Waals surface area contributed by atoms with Crippen LogP contribution in [0.5, 0.6) is 5.75 Å². The third-order valence-corrected chi connectivity index (χ3v) is 5.99. The number of nitrogens with zero attached hydrogens (tertiary/aromatic N) is 2. The molecule has 4 nitrogen and oxygen atoms in total. The van der Waals surface area contributed by atoms with Crippen LogP contribution in [-0.2, 0) is 0 Å². The quantitative estimate of drug-likeness (QED) is 0.120. The number of ketones is 1. The van der Waals surface area contributed by atoms with Crippen LogP contribution in [0.25, 0.3) is 17.0 Å². The van der Waals surface area contributed by atoms with E-state index < -0.39 is 0 Å². The summed E-state index contributed by atoms with van der Waals surface area (Å²) in [6.07, 6.45) is 5.03. The summed E-state index contributed by atoms with van der Waals surface area (Å²) in [6.45, 7) is 0.550. The van der Waals surface area contributed by atoms with Crippen LogP contribution in [0.3, 0.4) is 0 Å². The zero-order valence-corrected chi connectivity index (χ0v) is 17.2. The lowest BCUT2D eigenvalue weighted by Crippen LogP contribution is -2.01. The van der Waals surface area contributed by atoms with Crippen LogP contribution in [0, 0.1) is 0 Å². The molecule has 0 saturated heterocycles. The maximum Gasteiger partial charge on any atom is 0.185 e. The molecule has 2 aromatic heterocycles. The minimum Gasteiger partial charge on any atom is -0.493 e. The number of rotatable bonds is 8. The molecule has 0 aliphatic heterocycles. The number of carbonyl (C=O) groups is 1. The molecule has 0 atom stereocenters. The van der Waals surface area contributed by atoms with Crippen LogP contribution >= 0.6 is 23.1 Å². The lowest BCUT2D eigenvalue weighted by Gasteiger charge is -2.07. The van der Waals surface area contributed by atoms with E-state index in [2.05, 4.69) is 9.97 Å². The van der Waals surface area contributed by atoms with Crippen LogP contribution in [0.2, 0.25) is 0 Å². The number of ether oxygens (including phenoxy) is 1. The van der Waals surface area contributed by atoms with Gasteiger partial charge in [0.15, 0.2) is 5.78 Å². The predicted molar refractivity (Wildman–Crippen MR) is 120 cm³/mol. The molecular formula is C23H18N2O2S2. The Morgan fingerprint density at radius 2 is 1.90 bits per heavy atom. The molecule has 4 aromatic rings. The third-order valence-electron chi connectivity index (χ3n) is 4.18. The SMILES string of the molecule is O=C(/C=C/c1cccs1)c1ccc(OCCSc2ncnc3ccccc23)cc1. The van der Waals surface area contributed by atoms with Crippen LogP contribution in [-0.4, -0.2) is 28.1 Å². The van der Waals surface area contributed by atoms with Gasteiger partial charge in [0.1, 0.15) is 17.1 Å². The summed E-state index contributed by atoms with van der Waals surface area (Å²) in [5, 5.41) is 4.00. The largest absolute Gasteiger partial charge is 0.493 e. The number of thiophene rings is 1. The van der Waals surface area contributed by atoms with Gasteiger partial charge in [0.25, 0.3) is 0 Å². The first-order valence-electron chi connectivity index (χ1n) is 9.11. The average Bonchev–Trinajstić information content (AvgIpc) is 3.29. The van der Waals surface area contributed by atoms with Gasteiger partial charge in [0.2, 0.25) is 0 Å². The molecule has 0 saturated carbocycles. The summed E-state index contributed by atoms with van der Waals surface area (Å²) < 4.78 is 5.80. The van der Waals surface area contributed by atoms with Crippen molar-refractivity contribution in [1.82, 2.24) is 9.97 Å². The van der Waals surface area contributed by atoms with E-state index in [9.17, 15) is 4.79 Å². The Bertz CT molecular complexity index is 1120. The molecule has 29 heavy (non-hydrogen) atoms. The molecule has 0 bridgehead atoms. The van der Waals surface area contributed by atoms with E-state index in [-0.39, 0.29) is 5.78 Å². The molecule has 4 rings (SSSR count). The maximum atomic E-state index is 12.2. The minimum absolute atomic E-state index is 0.0175.